The van der Waals surface area contributed by atoms with Gasteiger partial charge in [0.15, 0.2) is 0 Å². The molecule has 96 valence electrons. The second-order valence-electron chi connectivity index (χ2n) is 3.86. The van der Waals surface area contributed by atoms with Crippen LogP contribution < -0.4 is 10.1 Å². The standard InChI is InChI=1S/C14H13N3O2/c1-19-13-4-2-3-10(7-15)14(13)17-8-11-5-6-12(18)9-16-11/h2-6,9,17-18H,8H2,1H3. The Bertz CT molecular complexity index is 603. The highest BCUT2D eigenvalue weighted by Gasteiger charge is 2.08. The van der Waals surface area contributed by atoms with Crippen LogP contribution in [-0.4, -0.2) is 17.2 Å². The molecule has 0 unspecified atom stereocenters. The molecule has 1 aromatic carbocycles. The van der Waals surface area contributed by atoms with Crippen molar-refractivity contribution in [2.45, 2.75) is 6.54 Å². The zero-order valence-corrected chi connectivity index (χ0v) is 10.4. The Labute approximate surface area is 111 Å². The fourth-order valence-corrected chi connectivity index (χ4v) is 1.68. The fourth-order valence-electron chi connectivity index (χ4n) is 1.68. The first kappa shape index (κ1) is 12.7. The summed E-state index contributed by atoms with van der Waals surface area (Å²) in [5.74, 6) is 0.733. The third-order valence-electron chi connectivity index (χ3n) is 2.62. The van der Waals surface area contributed by atoms with Crippen molar-refractivity contribution in [2.75, 3.05) is 12.4 Å². The molecule has 5 nitrogen and oxygen atoms in total. The summed E-state index contributed by atoms with van der Waals surface area (Å²) in [7, 11) is 1.56. The summed E-state index contributed by atoms with van der Waals surface area (Å²) in [5, 5.41) is 21.4. The number of rotatable bonds is 4. The first-order valence-electron chi connectivity index (χ1n) is 5.69. The van der Waals surface area contributed by atoms with Gasteiger partial charge in [-0.15, -0.1) is 0 Å². The molecule has 0 radical (unpaired) electrons. The van der Waals surface area contributed by atoms with Crippen molar-refractivity contribution in [3.05, 3.63) is 47.8 Å². The number of methoxy groups -OCH3 is 1. The molecule has 1 aromatic heterocycles. The number of benzene rings is 1. The minimum Gasteiger partial charge on any atom is -0.506 e. The average Bonchev–Trinajstić information content (AvgIpc) is 2.46. The second-order valence-corrected chi connectivity index (χ2v) is 3.86. The highest BCUT2D eigenvalue weighted by Crippen LogP contribution is 2.28. The molecule has 0 aliphatic carbocycles. The Morgan fingerprint density at radius 3 is 2.84 bits per heavy atom. The van der Waals surface area contributed by atoms with Gasteiger partial charge in [0.1, 0.15) is 17.6 Å². The molecule has 0 aliphatic rings. The van der Waals surface area contributed by atoms with E-state index in [1.165, 1.54) is 6.20 Å². The molecule has 5 heteroatoms. The number of nitrogens with zero attached hydrogens (tertiary/aromatic N) is 2. The molecule has 0 saturated heterocycles. The smallest absolute Gasteiger partial charge is 0.143 e. The van der Waals surface area contributed by atoms with Gasteiger partial charge in [0.05, 0.1) is 36.8 Å². The van der Waals surface area contributed by atoms with Crippen LogP contribution in [0.3, 0.4) is 0 Å². The van der Waals surface area contributed by atoms with Crippen LogP contribution in [0.5, 0.6) is 11.5 Å². The highest BCUT2D eigenvalue weighted by molar-refractivity contribution is 5.66. The maximum atomic E-state index is 9.16. The van der Waals surface area contributed by atoms with E-state index in [9.17, 15) is 0 Å². The molecule has 0 saturated carbocycles. The molecule has 2 N–H and O–H groups in total. The molecule has 0 fully saturated rings. The van der Waals surface area contributed by atoms with Crippen molar-refractivity contribution in [2.24, 2.45) is 0 Å². The number of hydrogen-bond donors (Lipinski definition) is 2. The normalized spacial score (nSPS) is 9.68. The summed E-state index contributed by atoms with van der Waals surface area (Å²) >= 11 is 0. The van der Waals surface area contributed by atoms with E-state index in [1.807, 2.05) is 0 Å². The Morgan fingerprint density at radius 2 is 2.21 bits per heavy atom. The van der Waals surface area contributed by atoms with Crippen LogP contribution in [0.1, 0.15) is 11.3 Å². The minimum absolute atomic E-state index is 0.124. The Balaban J connectivity index is 2.19. The summed E-state index contributed by atoms with van der Waals surface area (Å²) in [6, 6.07) is 10.7. The van der Waals surface area contributed by atoms with Gasteiger partial charge in [0.25, 0.3) is 0 Å². The van der Waals surface area contributed by atoms with Crippen molar-refractivity contribution >= 4 is 5.69 Å². The number of nitriles is 1. The van der Waals surface area contributed by atoms with E-state index in [0.717, 1.165) is 5.69 Å². The maximum absolute atomic E-state index is 9.16. The molecule has 2 aromatic rings. The van der Waals surface area contributed by atoms with Gasteiger partial charge in [-0.3, -0.25) is 4.98 Å². The third-order valence-corrected chi connectivity index (χ3v) is 2.62. The van der Waals surface area contributed by atoms with Crippen LogP contribution in [0.2, 0.25) is 0 Å². The number of anilines is 1. The van der Waals surface area contributed by atoms with Crippen LogP contribution in [0.4, 0.5) is 5.69 Å². The van der Waals surface area contributed by atoms with Gasteiger partial charge in [0, 0.05) is 0 Å². The van der Waals surface area contributed by atoms with Crippen molar-refractivity contribution < 1.29 is 9.84 Å². The van der Waals surface area contributed by atoms with Crippen LogP contribution >= 0.6 is 0 Å². The molecule has 0 atom stereocenters. The van der Waals surface area contributed by atoms with Gasteiger partial charge in [-0.2, -0.15) is 5.26 Å². The van der Waals surface area contributed by atoms with Crippen LogP contribution in [0.15, 0.2) is 36.5 Å². The zero-order chi connectivity index (χ0) is 13.7. The first-order chi connectivity index (χ1) is 9.24. The van der Waals surface area contributed by atoms with E-state index < -0.39 is 0 Å². The van der Waals surface area contributed by atoms with E-state index in [-0.39, 0.29) is 5.75 Å². The summed E-state index contributed by atoms with van der Waals surface area (Å²) in [4.78, 5) is 4.07. The lowest BCUT2D eigenvalue weighted by Gasteiger charge is -2.12. The number of ether oxygens (including phenoxy) is 1. The molecule has 0 spiro atoms. The zero-order valence-electron chi connectivity index (χ0n) is 10.4. The molecule has 19 heavy (non-hydrogen) atoms. The monoisotopic (exact) mass is 255 g/mol. The minimum atomic E-state index is 0.124. The number of nitrogens with one attached hydrogen (secondary N) is 1. The van der Waals surface area contributed by atoms with Gasteiger partial charge >= 0.3 is 0 Å². The molecule has 0 aliphatic heterocycles. The van der Waals surface area contributed by atoms with Gasteiger partial charge in [0.2, 0.25) is 0 Å². The van der Waals surface area contributed by atoms with E-state index >= 15 is 0 Å². The predicted octanol–water partition coefficient (Wildman–Crippen LogP) is 2.28. The second kappa shape index (κ2) is 5.74. The SMILES string of the molecule is COc1cccc(C#N)c1NCc1ccc(O)cn1. The number of aromatic hydroxyl groups is 1. The van der Waals surface area contributed by atoms with Crippen molar-refractivity contribution in [3.63, 3.8) is 0 Å². The van der Waals surface area contributed by atoms with Crippen LogP contribution in [0, 0.1) is 11.3 Å². The maximum Gasteiger partial charge on any atom is 0.143 e. The van der Waals surface area contributed by atoms with Gasteiger partial charge in [-0.05, 0) is 24.3 Å². The lowest BCUT2D eigenvalue weighted by Crippen LogP contribution is -2.04. The fraction of sp³-hybridized carbons (Fsp3) is 0.143. The van der Waals surface area contributed by atoms with Crippen LogP contribution in [-0.2, 0) is 6.54 Å². The lowest BCUT2D eigenvalue weighted by atomic mass is 10.1. The molecular weight excluding hydrogens is 242 g/mol. The quantitative estimate of drug-likeness (QED) is 0.876. The Kier molecular flexibility index (Phi) is 3.84. The van der Waals surface area contributed by atoms with Gasteiger partial charge < -0.3 is 15.2 Å². The summed E-state index contributed by atoms with van der Waals surface area (Å²) < 4.78 is 5.22. The number of hydrogen-bond acceptors (Lipinski definition) is 5. The van der Waals surface area contributed by atoms with Gasteiger partial charge in [-0.1, -0.05) is 6.07 Å². The summed E-state index contributed by atoms with van der Waals surface area (Å²) in [6.07, 6.45) is 1.38. The Morgan fingerprint density at radius 1 is 1.37 bits per heavy atom. The average molecular weight is 255 g/mol. The topological polar surface area (TPSA) is 78.2 Å². The van der Waals surface area contributed by atoms with Crippen LogP contribution in [0.25, 0.3) is 0 Å². The largest absolute Gasteiger partial charge is 0.506 e. The van der Waals surface area contributed by atoms with E-state index in [1.54, 1.807) is 37.4 Å². The molecule has 1 heterocycles. The van der Waals surface area contributed by atoms with E-state index in [4.69, 9.17) is 15.1 Å². The summed E-state index contributed by atoms with van der Waals surface area (Å²) in [6.45, 7) is 0.440. The number of aromatic nitrogens is 1. The molecule has 0 amide bonds. The Hall–Kier alpha value is -2.74. The van der Waals surface area contributed by atoms with Crippen molar-refractivity contribution in [1.29, 1.82) is 5.26 Å². The predicted molar refractivity (Wildman–Crippen MR) is 70.9 cm³/mol. The number of pyridine rings is 1. The van der Waals surface area contributed by atoms with Crippen molar-refractivity contribution in [3.8, 4) is 17.6 Å². The molecular formula is C14H13N3O2. The highest BCUT2D eigenvalue weighted by atomic mass is 16.5. The first-order valence-corrected chi connectivity index (χ1v) is 5.69. The number of para-hydroxylation sites is 1. The molecule has 2 rings (SSSR count). The third kappa shape index (κ3) is 2.93. The van der Waals surface area contributed by atoms with Crippen molar-refractivity contribution in [1.82, 2.24) is 4.98 Å². The summed E-state index contributed by atoms with van der Waals surface area (Å²) in [5.41, 5.74) is 1.91. The lowest BCUT2D eigenvalue weighted by molar-refractivity contribution is 0.416. The van der Waals surface area contributed by atoms with Gasteiger partial charge in [-0.25, -0.2) is 0 Å². The van der Waals surface area contributed by atoms with E-state index in [2.05, 4.69) is 16.4 Å². The van der Waals surface area contributed by atoms with E-state index in [0.29, 0.717) is 23.5 Å². The molecule has 0 bridgehead atoms.